The van der Waals surface area contributed by atoms with E-state index < -0.39 is 0 Å². The third kappa shape index (κ3) is 4.22. The molecule has 20 heavy (non-hydrogen) atoms. The van der Waals surface area contributed by atoms with E-state index in [0.29, 0.717) is 24.5 Å². The molecule has 108 valence electrons. The van der Waals surface area contributed by atoms with Crippen molar-refractivity contribution >= 4 is 23.3 Å². The number of hydrogen-bond acceptors (Lipinski definition) is 4. The summed E-state index contributed by atoms with van der Waals surface area (Å²) in [6.07, 6.45) is 6.14. The molecule has 2 rings (SSSR count). The van der Waals surface area contributed by atoms with Crippen molar-refractivity contribution in [3.8, 4) is 0 Å². The van der Waals surface area contributed by atoms with Crippen LogP contribution in [0.1, 0.15) is 32.1 Å². The summed E-state index contributed by atoms with van der Waals surface area (Å²) in [7, 11) is 0. The molecule has 1 aromatic rings. The van der Waals surface area contributed by atoms with E-state index >= 15 is 0 Å². The highest BCUT2D eigenvalue weighted by Gasteiger charge is 2.18. The van der Waals surface area contributed by atoms with Crippen LogP contribution in [0, 0.1) is 0 Å². The normalized spacial score (nSPS) is 16.4. The van der Waals surface area contributed by atoms with Crippen LogP contribution in [0.25, 0.3) is 0 Å². The number of pyridine rings is 1. The van der Waals surface area contributed by atoms with Crippen molar-refractivity contribution in [2.24, 2.45) is 0 Å². The monoisotopic (exact) mass is 276 g/mol. The zero-order chi connectivity index (χ0) is 14.4. The lowest BCUT2D eigenvalue weighted by Gasteiger charge is -2.24. The highest BCUT2D eigenvalue weighted by molar-refractivity contribution is 5.94. The van der Waals surface area contributed by atoms with Crippen LogP contribution in [0.5, 0.6) is 0 Å². The summed E-state index contributed by atoms with van der Waals surface area (Å²) >= 11 is 0. The molecule has 0 aromatic carbocycles. The molecule has 0 unspecified atom stereocenters. The molecule has 3 N–H and O–H groups in total. The van der Waals surface area contributed by atoms with E-state index in [1.807, 2.05) is 0 Å². The number of nitrogen functional groups attached to an aromatic ring is 1. The zero-order valence-corrected chi connectivity index (χ0v) is 11.5. The molecular weight excluding hydrogens is 256 g/mol. The van der Waals surface area contributed by atoms with Gasteiger partial charge in [0.25, 0.3) is 0 Å². The van der Waals surface area contributed by atoms with Gasteiger partial charge in [-0.3, -0.25) is 9.59 Å². The second-order valence-corrected chi connectivity index (χ2v) is 5.00. The molecule has 2 heterocycles. The Labute approximate surface area is 118 Å². The summed E-state index contributed by atoms with van der Waals surface area (Å²) in [5.41, 5.74) is 6.07. The zero-order valence-electron chi connectivity index (χ0n) is 11.5. The van der Waals surface area contributed by atoms with Crippen molar-refractivity contribution < 1.29 is 9.59 Å². The Morgan fingerprint density at radius 2 is 2.10 bits per heavy atom. The Kier molecular flexibility index (Phi) is 4.92. The maximum atomic E-state index is 11.9. The van der Waals surface area contributed by atoms with E-state index in [2.05, 4.69) is 10.3 Å². The highest BCUT2D eigenvalue weighted by atomic mass is 16.2. The molecule has 2 amide bonds. The first kappa shape index (κ1) is 14.3. The van der Waals surface area contributed by atoms with Gasteiger partial charge in [0.1, 0.15) is 5.82 Å². The fourth-order valence-electron chi connectivity index (χ4n) is 2.24. The number of nitrogens with two attached hydrogens (primary N) is 1. The Hall–Kier alpha value is -2.11. The van der Waals surface area contributed by atoms with Gasteiger partial charge in [-0.2, -0.15) is 0 Å². The number of aromatic nitrogens is 1. The molecule has 6 heteroatoms. The van der Waals surface area contributed by atoms with Crippen molar-refractivity contribution in [2.75, 3.05) is 24.1 Å². The van der Waals surface area contributed by atoms with Gasteiger partial charge in [0.15, 0.2) is 0 Å². The predicted molar refractivity (Wildman–Crippen MR) is 76.9 cm³/mol. The summed E-state index contributed by atoms with van der Waals surface area (Å²) in [6, 6.07) is 3.31. The minimum atomic E-state index is -0.203. The van der Waals surface area contributed by atoms with Gasteiger partial charge in [-0.25, -0.2) is 4.98 Å². The Morgan fingerprint density at radius 3 is 2.85 bits per heavy atom. The summed E-state index contributed by atoms with van der Waals surface area (Å²) < 4.78 is 0. The molecule has 6 nitrogen and oxygen atoms in total. The molecule has 1 aromatic heterocycles. The van der Waals surface area contributed by atoms with Gasteiger partial charge in [-0.1, -0.05) is 12.8 Å². The number of rotatable bonds is 3. The minimum absolute atomic E-state index is 0.0651. The Balaban J connectivity index is 1.89. The van der Waals surface area contributed by atoms with Crippen LogP contribution < -0.4 is 11.1 Å². The van der Waals surface area contributed by atoms with Crippen molar-refractivity contribution in [2.45, 2.75) is 32.1 Å². The summed E-state index contributed by atoms with van der Waals surface area (Å²) in [4.78, 5) is 29.4. The Morgan fingerprint density at radius 1 is 1.30 bits per heavy atom. The van der Waals surface area contributed by atoms with Gasteiger partial charge < -0.3 is 16.0 Å². The van der Waals surface area contributed by atoms with Crippen molar-refractivity contribution in [3.63, 3.8) is 0 Å². The third-order valence-corrected chi connectivity index (χ3v) is 3.33. The molecule has 0 saturated carbocycles. The standard InChI is InChI=1S/C14H20N4O2/c15-12-7-6-11(9-16-12)17-13(19)10-18-8-4-2-1-3-5-14(18)20/h6-7,9H,1-5,8,10H2,(H2,15,16)(H,17,19). The van der Waals surface area contributed by atoms with Crippen molar-refractivity contribution in [1.82, 2.24) is 9.88 Å². The van der Waals surface area contributed by atoms with E-state index in [1.54, 1.807) is 17.0 Å². The molecule has 1 fully saturated rings. The van der Waals surface area contributed by atoms with Gasteiger partial charge in [0.05, 0.1) is 18.4 Å². The Bertz CT molecular complexity index is 473. The number of anilines is 2. The first-order chi connectivity index (χ1) is 9.65. The summed E-state index contributed by atoms with van der Waals surface area (Å²) in [5.74, 6) is 0.266. The van der Waals surface area contributed by atoms with Gasteiger partial charge in [0, 0.05) is 13.0 Å². The smallest absolute Gasteiger partial charge is 0.244 e. The first-order valence-electron chi connectivity index (χ1n) is 6.94. The number of likely N-dealkylation sites (tertiary alicyclic amines) is 1. The van der Waals surface area contributed by atoms with Gasteiger partial charge in [0.2, 0.25) is 11.8 Å². The van der Waals surface area contributed by atoms with Crippen LogP contribution in [0.3, 0.4) is 0 Å². The lowest BCUT2D eigenvalue weighted by molar-refractivity contribution is -0.135. The predicted octanol–water partition coefficient (Wildman–Crippen LogP) is 1.39. The fourth-order valence-corrected chi connectivity index (χ4v) is 2.24. The van der Waals surface area contributed by atoms with Crippen LogP contribution in [0.2, 0.25) is 0 Å². The number of hydrogen-bond donors (Lipinski definition) is 2. The topological polar surface area (TPSA) is 88.3 Å². The maximum absolute atomic E-state index is 11.9. The molecule has 0 aliphatic carbocycles. The molecule has 1 aliphatic rings. The first-order valence-corrected chi connectivity index (χ1v) is 6.94. The van der Waals surface area contributed by atoms with E-state index in [-0.39, 0.29) is 18.4 Å². The molecule has 0 spiro atoms. The van der Waals surface area contributed by atoms with E-state index in [0.717, 1.165) is 25.7 Å². The van der Waals surface area contributed by atoms with E-state index in [4.69, 9.17) is 5.73 Å². The third-order valence-electron chi connectivity index (χ3n) is 3.33. The molecule has 0 atom stereocenters. The van der Waals surface area contributed by atoms with Crippen molar-refractivity contribution in [3.05, 3.63) is 18.3 Å². The van der Waals surface area contributed by atoms with E-state index in [1.165, 1.54) is 6.20 Å². The quantitative estimate of drug-likeness (QED) is 0.873. The molecule has 0 radical (unpaired) electrons. The van der Waals surface area contributed by atoms with Crippen LogP contribution >= 0.6 is 0 Å². The molecule has 1 aliphatic heterocycles. The minimum Gasteiger partial charge on any atom is -0.384 e. The maximum Gasteiger partial charge on any atom is 0.244 e. The second-order valence-electron chi connectivity index (χ2n) is 5.00. The van der Waals surface area contributed by atoms with Crippen LogP contribution in [-0.2, 0) is 9.59 Å². The largest absolute Gasteiger partial charge is 0.384 e. The van der Waals surface area contributed by atoms with Crippen LogP contribution in [0.15, 0.2) is 18.3 Å². The van der Waals surface area contributed by atoms with Gasteiger partial charge in [-0.15, -0.1) is 0 Å². The molecule has 0 bridgehead atoms. The van der Waals surface area contributed by atoms with Crippen LogP contribution in [-0.4, -0.2) is 34.8 Å². The lowest BCUT2D eigenvalue weighted by atomic mass is 10.1. The number of carbonyl (C=O) groups is 2. The van der Waals surface area contributed by atoms with Crippen molar-refractivity contribution in [1.29, 1.82) is 0 Å². The van der Waals surface area contributed by atoms with E-state index in [9.17, 15) is 9.59 Å². The molecule has 1 saturated heterocycles. The number of nitrogens with one attached hydrogen (secondary N) is 1. The molecular formula is C14H20N4O2. The van der Waals surface area contributed by atoms with Crippen LogP contribution in [0.4, 0.5) is 11.5 Å². The summed E-state index contributed by atoms with van der Waals surface area (Å²) in [5, 5.41) is 2.72. The number of nitrogens with zero attached hydrogens (tertiary/aromatic N) is 2. The SMILES string of the molecule is Nc1ccc(NC(=O)CN2CCCCCCC2=O)cn1. The number of carbonyl (C=O) groups excluding carboxylic acids is 2. The number of amides is 2. The van der Waals surface area contributed by atoms with Gasteiger partial charge in [-0.05, 0) is 25.0 Å². The van der Waals surface area contributed by atoms with Gasteiger partial charge >= 0.3 is 0 Å². The lowest BCUT2D eigenvalue weighted by Crippen LogP contribution is -2.39. The average Bonchev–Trinajstić information content (AvgIpc) is 2.41. The average molecular weight is 276 g/mol. The summed E-state index contributed by atoms with van der Waals surface area (Å²) in [6.45, 7) is 0.759. The fraction of sp³-hybridized carbons (Fsp3) is 0.500. The highest BCUT2D eigenvalue weighted by Crippen LogP contribution is 2.12. The second kappa shape index (κ2) is 6.88.